The lowest BCUT2D eigenvalue weighted by Crippen LogP contribution is -2.18. The number of nitrogens with zero attached hydrogens (tertiary/aromatic N) is 4. The molecule has 0 saturated carbocycles. The fourth-order valence-electron chi connectivity index (χ4n) is 1.71. The van der Waals surface area contributed by atoms with E-state index in [4.69, 9.17) is 0 Å². The monoisotopic (exact) mass is 239 g/mol. The molecular formula is C12H25N5. The van der Waals surface area contributed by atoms with Gasteiger partial charge in [0.2, 0.25) is 0 Å². The topological polar surface area (TPSA) is 55.6 Å². The van der Waals surface area contributed by atoms with Crippen LogP contribution < -0.4 is 5.32 Å². The van der Waals surface area contributed by atoms with E-state index in [2.05, 4.69) is 41.6 Å². The molecule has 5 heteroatoms. The highest BCUT2D eigenvalue weighted by Gasteiger charge is 2.04. The van der Waals surface area contributed by atoms with E-state index in [1.54, 1.807) is 0 Å². The van der Waals surface area contributed by atoms with Crippen LogP contribution in [0.25, 0.3) is 0 Å². The van der Waals surface area contributed by atoms with E-state index in [0.717, 1.165) is 44.2 Å². The van der Waals surface area contributed by atoms with Crippen molar-refractivity contribution in [1.29, 1.82) is 0 Å². The van der Waals surface area contributed by atoms with E-state index in [9.17, 15) is 0 Å². The number of hydrogen-bond donors (Lipinski definition) is 1. The Morgan fingerprint density at radius 3 is 2.82 bits per heavy atom. The van der Waals surface area contributed by atoms with Gasteiger partial charge in [0, 0.05) is 6.54 Å². The Hall–Kier alpha value is -0.970. The number of tetrazole rings is 1. The van der Waals surface area contributed by atoms with E-state index in [1.165, 1.54) is 12.8 Å². The summed E-state index contributed by atoms with van der Waals surface area (Å²) < 4.78 is 1.92. The molecule has 1 aromatic heterocycles. The standard InChI is InChI=1S/C12H25N5/c1-4-8-13-10-12-14-15-16-17(12)9-6-5-7-11(2)3/h11,13H,4-10H2,1-3H3. The molecule has 17 heavy (non-hydrogen) atoms. The molecule has 0 aromatic carbocycles. The first-order valence-electron chi connectivity index (χ1n) is 6.69. The molecule has 1 aromatic rings. The molecule has 5 nitrogen and oxygen atoms in total. The first kappa shape index (κ1) is 14.1. The first-order chi connectivity index (χ1) is 8.24. The fraction of sp³-hybridized carbons (Fsp3) is 0.917. The minimum Gasteiger partial charge on any atom is -0.310 e. The lowest BCUT2D eigenvalue weighted by Gasteiger charge is -2.06. The lowest BCUT2D eigenvalue weighted by molar-refractivity contribution is 0.471. The maximum atomic E-state index is 4.04. The summed E-state index contributed by atoms with van der Waals surface area (Å²) in [5, 5.41) is 15.1. The van der Waals surface area contributed by atoms with Crippen molar-refractivity contribution >= 4 is 0 Å². The number of aryl methyl sites for hydroxylation is 1. The minimum atomic E-state index is 0.769. The Balaban J connectivity index is 2.25. The molecule has 0 aliphatic carbocycles. The summed E-state index contributed by atoms with van der Waals surface area (Å²) in [4.78, 5) is 0. The van der Waals surface area contributed by atoms with Crippen molar-refractivity contribution in [1.82, 2.24) is 25.5 Å². The molecular weight excluding hydrogens is 214 g/mol. The van der Waals surface area contributed by atoms with Crippen LogP contribution in [-0.2, 0) is 13.1 Å². The second-order valence-electron chi connectivity index (χ2n) is 4.88. The Bertz CT molecular complexity index is 295. The van der Waals surface area contributed by atoms with E-state index in [0.29, 0.717) is 0 Å². The molecule has 0 atom stereocenters. The maximum Gasteiger partial charge on any atom is 0.165 e. The number of hydrogen-bond acceptors (Lipinski definition) is 4. The van der Waals surface area contributed by atoms with Crippen LogP contribution in [0.15, 0.2) is 0 Å². The van der Waals surface area contributed by atoms with Crippen molar-refractivity contribution in [3.8, 4) is 0 Å². The van der Waals surface area contributed by atoms with E-state index in [1.807, 2.05) is 4.68 Å². The number of rotatable bonds is 9. The van der Waals surface area contributed by atoms with Crippen molar-refractivity contribution in [3.05, 3.63) is 5.82 Å². The molecule has 1 rings (SSSR count). The average Bonchev–Trinajstić information content (AvgIpc) is 2.72. The highest BCUT2D eigenvalue weighted by molar-refractivity contribution is 4.79. The number of unbranched alkanes of at least 4 members (excludes halogenated alkanes) is 1. The van der Waals surface area contributed by atoms with Crippen LogP contribution in [0.1, 0.15) is 52.3 Å². The van der Waals surface area contributed by atoms with Gasteiger partial charge >= 0.3 is 0 Å². The van der Waals surface area contributed by atoms with Crippen LogP contribution >= 0.6 is 0 Å². The predicted octanol–water partition coefficient (Wildman–Crippen LogP) is 2.00. The third-order valence-electron chi connectivity index (χ3n) is 2.72. The van der Waals surface area contributed by atoms with Gasteiger partial charge in [0.15, 0.2) is 5.82 Å². The minimum absolute atomic E-state index is 0.769. The van der Waals surface area contributed by atoms with Gasteiger partial charge in [-0.25, -0.2) is 4.68 Å². The van der Waals surface area contributed by atoms with E-state index >= 15 is 0 Å². The predicted molar refractivity (Wildman–Crippen MR) is 68.5 cm³/mol. The zero-order valence-electron chi connectivity index (χ0n) is 11.3. The highest BCUT2D eigenvalue weighted by Crippen LogP contribution is 2.07. The smallest absolute Gasteiger partial charge is 0.165 e. The van der Waals surface area contributed by atoms with Crippen molar-refractivity contribution in [2.75, 3.05) is 6.54 Å². The molecule has 0 saturated heterocycles. The summed E-state index contributed by atoms with van der Waals surface area (Å²) in [6.07, 6.45) is 4.82. The summed E-state index contributed by atoms with van der Waals surface area (Å²) in [5.41, 5.74) is 0. The zero-order chi connectivity index (χ0) is 12.5. The van der Waals surface area contributed by atoms with Gasteiger partial charge in [-0.1, -0.05) is 33.6 Å². The summed E-state index contributed by atoms with van der Waals surface area (Å²) in [7, 11) is 0. The Kier molecular flexibility index (Phi) is 6.77. The molecule has 0 aliphatic rings. The zero-order valence-corrected chi connectivity index (χ0v) is 11.3. The molecule has 0 fully saturated rings. The van der Waals surface area contributed by atoms with Crippen LogP contribution in [0.2, 0.25) is 0 Å². The third kappa shape index (κ3) is 5.77. The van der Waals surface area contributed by atoms with Gasteiger partial charge in [-0.2, -0.15) is 0 Å². The fourth-order valence-corrected chi connectivity index (χ4v) is 1.71. The second-order valence-corrected chi connectivity index (χ2v) is 4.88. The molecule has 0 bridgehead atoms. The van der Waals surface area contributed by atoms with Crippen LogP contribution in [0.3, 0.4) is 0 Å². The van der Waals surface area contributed by atoms with Crippen LogP contribution in [0.4, 0.5) is 0 Å². The molecule has 1 N–H and O–H groups in total. The molecule has 0 amide bonds. The van der Waals surface area contributed by atoms with Crippen molar-refractivity contribution in [2.45, 2.75) is 59.5 Å². The summed E-state index contributed by atoms with van der Waals surface area (Å²) >= 11 is 0. The van der Waals surface area contributed by atoms with Crippen LogP contribution in [0.5, 0.6) is 0 Å². The van der Waals surface area contributed by atoms with Crippen LogP contribution in [-0.4, -0.2) is 26.8 Å². The Morgan fingerprint density at radius 1 is 1.29 bits per heavy atom. The second kappa shape index (κ2) is 8.17. The Morgan fingerprint density at radius 2 is 2.12 bits per heavy atom. The van der Waals surface area contributed by atoms with Gasteiger partial charge < -0.3 is 5.32 Å². The summed E-state index contributed by atoms with van der Waals surface area (Å²) in [5.74, 6) is 1.73. The molecule has 0 spiro atoms. The molecule has 1 heterocycles. The lowest BCUT2D eigenvalue weighted by atomic mass is 10.1. The Labute approximate surface area is 104 Å². The normalized spacial score (nSPS) is 11.3. The largest absolute Gasteiger partial charge is 0.310 e. The molecule has 0 aliphatic heterocycles. The number of aromatic nitrogens is 4. The molecule has 0 unspecified atom stereocenters. The number of nitrogens with one attached hydrogen (secondary N) is 1. The molecule has 98 valence electrons. The summed E-state index contributed by atoms with van der Waals surface area (Å²) in [6, 6.07) is 0. The quantitative estimate of drug-likeness (QED) is 0.670. The SMILES string of the molecule is CCCNCc1nnnn1CCCCC(C)C. The van der Waals surface area contributed by atoms with Crippen molar-refractivity contribution < 1.29 is 0 Å². The third-order valence-corrected chi connectivity index (χ3v) is 2.72. The van der Waals surface area contributed by atoms with Gasteiger partial charge in [-0.3, -0.25) is 0 Å². The van der Waals surface area contributed by atoms with Gasteiger partial charge in [-0.15, -0.1) is 5.10 Å². The first-order valence-corrected chi connectivity index (χ1v) is 6.69. The van der Waals surface area contributed by atoms with Gasteiger partial charge in [-0.05, 0) is 35.7 Å². The summed E-state index contributed by atoms with van der Waals surface area (Å²) in [6.45, 7) is 9.39. The highest BCUT2D eigenvalue weighted by atomic mass is 15.5. The maximum absolute atomic E-state index is 4.04. The molecule has 0 radical (unpaired) electrons. The van der Waals surface area contributed by atoms with E-state index < -0.39 is 0 Å². The van der Waals surface area contributed by atoms with Crippen LogP contribution in [0, 0.1) is 5.92 Å². The van der Waals surface area contributed by atoms with Gasteiger partial charge in [0.05, 0.1) is 6.54 Å². The average molecular weight is 239 g/mol. The van der Waals surface area contributed by atoms with Crippen molar-refractivity contribution in [2.24, 2.45) is 5.92 Å². The van der Waals surface area contributed by atoms with Crippen molar-refractivity contribution in [3.63, 3.8) is 0 Å². The van der Waals surface area contributed by atoms with Gasteiger partial charge in [0.1, 0.15) is 0 Å². The van der Waals surface area contributed by atoms with Gasteiger partial charge in [0.25, 0.3) is 0 Å². The van der Waals surface area contributed by atoms with E-state index in [-0.39, 0.29) is 0 Å².